The topological polar surface area (TPSA) is 67.6 Å². The van der Waals surface area contributed by atoms with E-state index in [1.807, 2.05) is 36.4 Å². The average molecular weight is 375 g/mol. The van der Waals surface area contributed by atoms with Crippen LogP contribution in [0.1, 0.15) is 24.3 Å². The van der Waals surface area contributed by atoms with Crippen molar-refractivity contribution in [3.63, 3.8) is 0 Å². The van der Waals surface area contributed by atoms with Gasteiger partial charge in [-0.2, -0.15) is 5.10 Å². The fraction of sp³-hybridized carbons (Fsp3) is 0.273. The van der Waals surface area contributed by atoms with E-state index >= 15 is 0 Å². The van der Waals surface area contributed by atoms with Crippen molar-refractivity contribution in [2.24, 2.45) is 0 Å². The molecule has 1 N–H and O–H groups in total. The second-order valence-electron chi connectivity index (χ2n) is 7.26. The van der Waals surface area contributed by atoms with Gasteiger partial charge >= 0.3 is 0 Å². The summed E-state index contributed by atoms with van der Waals surface area (Å²) in [7, 11) is 0. The Hall–Kier alpha value is -3.12. The van der Waals surface area contributed by atoms with Gasteiger partial charge in [-0.15, -0.1) is 0 Å². The maximum atomic E-state index is 12.8. The van der Waals surface area contributed by atoms with Crippen molar-refractivity contribution in [1.82, 2.24) is 9.78 Å². The minimum Gasteiger partial charge on any atom is -0.452 e. The number of amides is 1. The maximum Gasteiger partial charge on any atom is 0.294 e. The number of hydrogen-bond acceptors (Lipinski definition) is 4. The first-order chi connectivity index (χ1) is 13.7. The van der Waals surface area contributed by atoms with Crippen LogP contribution in [0, 0.1) is 0 Å². The van der Waals surface area contributed by atoms with Crippen molar-refractivity contribution >= 4 is 22.5 Å². The van der Waals surface area contributed by atoms with Crippen LogP contribution >= 0.6 is 0 Å². The number of anilines is 1. The molecular weight excluding hydrogens is 354 g/mol. The first-order valence-electron chi connectivity index (χ1n) is 9.59. The van der Waals surface area contributed by atoms with E-state index in [0.717, 1.165) is 16.6 Å². The van der Waals surface area contributed by atoms with Gasteiger partial charge < -0.3 is 14.7 Å². The molecule has 6 heteroatoms. The molecule has 1 aliphatic carbocycles. The van der Waals surface area contributed by atoms with Crippen molar-refractivity contribution in [2.45, 2.75) is 25.3 Å². The van der Waals surface area contributed by atoms with Crippen molar-refractivity contribution in [2.75, 3.05) is 18.1 Å². The molecule has 28 heavy (non-hydrogen) atoms. The highest BCUT2D eigenvalue weighted by Crippen LogP contribution is 2.40. The zero-order valence-corrected chi connectivity index (χ0v) is 15.4. The zero-order valence-electron chi connectivity index (χ0n) is 15.4. The summed E-state index contributed by atoms with van der Waals surface area (Å²) in [4.78, 5) is 14.5. The molecule has 1 amide bonds. The van der Waals surface area contributed by atoms with Crippen LogP contribution in [0.15, 0.2) is 60.5 Å². The van der Waals surface area contributed by atoms with E-state index in [1.54, 1.807) is 15.8 Å². The lowest BCUT2D eigenvalue weighted by Crippen LogP contribution is -2.27. The Morgan fingerprint density at radius 3 is 2.71 bits per heavy atom. The zero-order chi connectivity index (χ0) is 19.1. The number of rotatable bonds is 6. The molecule has 3 aromatic rings. The molecule has 2 heterocycles. The average Bonchev–Trinajstić information content (AvgIpc) is 3.40. The van der Waals surface area contributed by atoms with Crippen LogP contribution in [0.25, 0.3) is 10.9 Å². The van der Waals surface area contributed by atoms with Gasteiger partial charge in [-0.1, -0.05) is 12.1 Å². The summed E-state index contributed by atoms with van der Waals surface area (Å²) in [5.41, 5.74) is 3.08. The molecule has 0 atom stereocenters. The molecule has 0 spiro atoms. The number of fused-ring (bicyclic) bond motifs is 1. The second kappa shape index (κ2) is 6.80. The van der Waals surface area contributed by atoms with Gasteiger partial charge in [0.15, 0.2) is 5.76 Å². The number of aliphatic hydroxyl groups is 1. The fourth-order valence-electron chi connectivity index (χ4n) is 3.65. The summed E-state index contributed by atoms with van der Waals surface area (Å²) in [6.07, 6.45) is 6.10. The lowest BCUT2D eigenvalue weighted by Gasteiger charge is -2.17. The molecule has 0 unspecified atom stereocenters. The van der Waals surface area contributed by atoms with E-state index in [-0.39, 0.29) is 12.5 Å². The predicted molar refractivity (Wildman–Crippen MR) is 106 cm³/mol. The standard InChI is InChI=1S/C22H21N3O3/c26-12-11-25-20-8-5-18(13-17(20)14-23-25)24-10-9-21(22(24)27)28-19-6-3-16(4-7-19)15-1-2-15/h3-9,13-15,26H,1-2,10-12H2. The highest BCUT2D eigenvalue weighted by Gasteiger charge is 2.28. The lowest BCUT2D eigenvalue weighted by atomic mass is 10.1. The molecule has 1 aromatic heterocycles. The van der Waals surface area contributed by atoms with Crippen LogP contribution in [0.3, 0.4) is 0 Å². The SMILES string of the molecule is O=C1C(Oc2ccc(C3CC3)cc2)=CCN1c1ccc2c(cnn2CCO)c1. The minimum absolute atomic E-state index is 0.0371. The maximum absolute atomic E-state index is 12.8. The highest BCUT2D eigenvalue weighted by molar-refractivity contribution is 6.08. The van der Waals surface area contributed by atoms with Gasteiger partial charge in [0, 0.05) is 17.6 Å². The fourth-order valence-corrected chi connectivity index (χ4v) is 3.65. The summed E-state index contributed by atoms with van der Waals surface area (Å²) in [5, 5.41) is 14.3. The molecule has 142 valence electrons. The van der Waals surface area contributed by atoms with Gasteiger partial charge in [-0.3, -0.25) is 9.48 Å². The third-order valence-electron chi connectivity index (χ3n) is 5.32. The van der Waals surface area contributed by atoms with E-state index in [2.05, 4.69) is 17.2 Å². The Balaban J connectivity index is 1.31. The molecule has 1 aliphatic heterocycles. The number of hydrogen-bond donors (Lipinski definition) is 1. The van der Waals surface area contributed by atoms with Gasteiger partial charge in [-0.05, 0) is 60.7 Å². The van der Waals surface area contributed by atoms with Crippen molar-refractivity contribution in [3.05, 3.63) is 66.1 Å². The van der Waals surface area contributed by atoms with Crippen LogP contribution in [-0.4, -0.2) is 33.9 Å². The molecule has 0 bridgehead atoms. The van der Waals surface area contributed by atoms with Gasteiger partial charge in [0.25, 0.3) is 5.91 Å². The Labute approximate surface area is 162 Å². The van der Waals surface area contributed by atoms with Crippen LogP contribution in [0.5, 0.6) is 5.75 Å². The molecule has 5 rings (SSSR count). The summed E-state index contributed by atoms with van der Waals surface area (Å²) in [6, 6.07) is 13.8. The largest absolute Gasteiger partial charge is 0.452 e. The molecule has 6 nitrogen and oxygen atoms in total. The van der Waals surface area contributed by atoms with Gasteiger partial charge in [0.05, 0.1) is 24.9 Å². The van der Waals surface area contributed by atoms with E-state index < -0.39 is 0 Å². The monoisotopic (exact) mass is 375 g/mol. The third-order valence-corrected chi connectivity index (χ3v) is 5.32. The highest BCUT2D eigenvalue weighted by atomic mass is 16.5. The first kappa shape index (κ1) is 17.0. The van der Waals surface area contributed by atoms with Crippen LogP contribution in [0.2, 0.25) is 0 Å². The van der Waals surface area contributed by atoms with E-state index in [1.165, 1.54) is 18.4 Å². The Morgan fingerprint density at radius 1 is 1.14 bits per heavy atom. The van der Waals surface area contributed by atoms with E-state index in [9.17, 15) is 4.79 Å². The van der Waals surface area contributed by atoms with Crippen molar-refractivity contribution in [3.8, 4) is 5.75 Å². The number of aromatic nitrogens is 2. The number of ether oxygens (including phenoxy) is 1. The Bertz CT molecular complexity index is 1060. The summed E-state index contributed by atoms with van der Waals surface area (Å²) in [5.74, 6) is 1.60. The number of nitrogens with zero attached hydrogens (tertiary/aromatic N) is 3. The summed E-state index contributed by atoms with van der Waals surface area (Å²) < 4.78 is 7.60. The number of benzene rings is 2. The normalized spacial score (nSPS) is 16.7. The molecular formula is C22H21N3O3. The minimum atomic E-state index is -0.145. The van der Waals surface area contributed by atoms with Crippen molar-refractivity contribution < 1.29 is 14.6 Å². The van der Waals surface area contributed by atoms with Crippen molar-refractivity contribution in [1.29, 1.82) is 0 Å². The smallest absolute Gasteiger partial charge is 0.294 e. The number of carbonyl (C=O) groups is 1. The van der Waals surface area contributed by atoms with Gasteiger partial charge in [-0.25, -0.2) is 0 Å². The summed E-state index contributed by atoms with van der Waals surface area (Å²) >= 11 is 0. The van der Waals surface area contributed by atoms with E-state index in [4.69, 9.17) is 9.84 Å². The van der Waals surface area contributed by atoms with Gasteiger partial charge in [0.1, 0.15) is 5.75 Å². The van der Waals surface area contributed by atoms with Gasteiger partial charge in [0.2, 0.25) is 0 Å². The lowest BCUT2D eigenvalue weighted by molar-refractivity contribution is -0.116. The molecule has 1 fully saturated rings. The summed E-state index contributed by atoms with van der Waals surface area (Å²) in [6.45, 7) is 0.963. The number of carbonyl (C=O) groups excluding carboxylic acids is 1. The Morgan fingerprint density at radius 2 is 1.96 bits per heavy atom. The quantitative estimate of drug-likeness (QED) is 0.718. The first-order valence-corrected chi connectivity index (χ1v) is 9.59. The molecule has 1 saturated carbocycles. The van der Waals surface area contributed by atoms with Crippen LogP contribution in [-0.2, 0) is 11.3 Å². The Kier molecular flexibility index (Phi) is 4.13. The molecule has 0 saturated heterocycles. The molecule has 2 aliphatic rings. The predicted octanol–water partition coefficient (Wildman–Crippen LogP) is 3.22. The third kappa shape index (κ3) is 3.05. The molecule has 0 radical (unpaired) electrons. The van der Waals surface area contributed by atoms with E-state index in [0.29, 0.717) is 30.5 Å². The van der Waals surface area contributed by atoms with Crippen LogP contribution in [0.4, 0.5) is 5.69 Å². The second-order valence-corrected chi connectivity index (χ2v) is 7.26. The van der Waals surface area contributed by atoms with Crippen LogP contribution < -0.4 is 9.64 Å². The molecule has 2 aromatic carbocycles. The number of aliphatic hydroxyl groups excluding tert-OH is 1.